The molecule has 2 aromatic rings. The molecule has 26 heavy (non-hydrogen) atoms. The summed E-state index contributed by atoms with van der Waals surface area (Å²) in [6.07, 6.45) is -2.09. The first-order valence-corrected chi connectivity index (χ1v) is 8.30. The maximum absolute atomic E-state index is 13.2. The van der Waals surface area contributed by atoms with Gasteiger partial charge in [0.05, 0.1) is 37.9 Å². The highest BCUT2D eigenvalue weighted by Gasteiger charge is 2.46. The first-order valence-electron chi connectivity index (χ1n) is 7.93. The molecule has 3 N–H and O–H groups in total. The van der Waals surface area contributed by atoms with Crippen LogP contribution >= 0.6 is 11.6 Å². The Balaban J connectivity index is 1.71. The number of hydrogen-bond donors (Lipinski definition) is 3. The number of fused-ring (bicyclic) bond motifs is 1. The zero-order chi connectivity index (χ0) is 18.6. The lowest BCUT2D eigenvalue weighted by Gasteiger charge is -2.39. The number of rotatable bonds is 3. The van der Waals surface area contributed by atoms with Gasteiger partial charge in [0.2, 0.25) is 5.28 Å². The lowest BCUT2D eigenvalue weighted by Crippen LogP contribution is -2.56. The number of halogens is 3. The van der Waals surface area contributed by atoms with Gasteiger partial charge in [0, 0.05) is 0 Å². The molecule has 2 saturated heterocycles. The fourth-order valence-corrected chi connectivity index (χ4v) is 3.43. The van der Waals surface area contributed by atoms with Gasteiger partial charge in [-0.15, -0.1) is 0 Å². The molecule has 12 heteroatoms. The quantitative estimate of drug-likeness (QED) is 0.605. The van der Waals surface area contributed by atoms with E-state index in [9.17, 15) is 19.0 Å². The first kappa shape index (κ1) is 17.7. The molecule has 0 spiro atoms. The second-order valence-electron chi connectivity index (χ2n) is 6.46. The van der Waals surface area contributed by atoms with Crippen molar-refractivity contribution in [1.29, 1.82) is 0 Å². The second-order valence-corrected chi connectivity index (χ2v) is 6.80. The Kier molecular flexibility index (Phi) is 4.23. The second kappa shape index (κ2) is 6.20. The van der Waals surface area contributed by atoms with Gasteiger partial charge in [-0.2, -0.15) is 15.1 Å². The highest BCUT2D eigenvalue weighted by molar-refractivity contribution is 6.28. The molecule has 0 aromatic carbocycles. The average Bonchev–Trinajstić information content (AvgIpc) is 2.98. The predicted octanol–water partition coefficient (Wildman–Crippen LogP) is -0.411. The van der Waals surface area contributed by atoms with Crippen LogP contribution in [0.2, 0.25) is 5.28 Å². The van der Waals surface area contributed by atoms with Crippen molar-refractivity contribution in [3.63, 3.8) is 0 Å². The van der Waals surface area contributed by atoms with Crippen molar-refractivity contribution >= 4 is 28.5 Å². The third-order valence-electron chi connectivity index (χ3n) is 4.65. The smallest absolute Gasteiger partial charge is 0.282 e. The molecular weight excluding hydrogens is 376 g/mol. The van der Waals surface area contributed by atoms with Crippen LogP contribution in [0, 0.1) is 0 Å². The number of alkyl halides is 2. The van der Waals surface area contributed by atoms with Gasteiger partial charge in [-0.25, -0.2) is 13.5 Å². The van der Waals surface area contributed by atoms with Crippen molar-refractivity contribution in [2.24, 2.45) is 0 Å². The highest BCUT2D eigenvalue weighted by Crippen LogP contribution is 2.36. The molecule has 0 aliphatic carbocycles. The Morgan fingerprint density at radius 1 is 1.27 bits per heavy atom. The number of ether oxygens (including phenoxy) is 1. The third-order valence-corrected chi connectivity index (χ3v) is 4.82. The van der Waals surface area contributed by atoms with Gasteiger partial charge >= 0.3 is 0 Å². The number of aliphatic hydroxyl groups is 3. The SMILES string of the molecule is OC[C@H]1OC[C@@H](n2ncc3c(N4CC(F)(F)C4)nc(Cl)nc32)[C@H](O)[C@@H]1O. The van der Waals surface area contributed by atoms with Crippen LogP contribution in [0.15, 0.2) is 6.20 Å². The van der Waals surface area contributed by atoms with E-state index < -0.39 is 50.0 Å². The number of aromatic nitrogens is 4. The van der Waals surface area contributed by atoms with Crippen LogP contribution in [-0.4, -0.2) is 85.6 Å². The van der Waals surface area contributed by atoms with E-state index in [0.717, 1.165) is 0 Å². The molecule has 4 heterocycles. The fraction of sp³-hybridized carbons (Fsp3) is 0.643. The molecule has 0 saturated carbocycles. The maximum atomic E-state index is 13.2. The normalized spacial score (nSPS) is 31.2. The van der Waals surface area contributed by atoms with E-state index in [2.05, 4.69) is 15.1 Å². The van der Waals surface area contributed by atoms with Gasteiger partial charge in [0.15, 0.2) is 5.65 Å². The van der Waals surface area contributed by atoms with E-state index in [0.29, 0.717) is 5.39 Å². The highest BCUT2D eigenvalue weighted by atomic mass is 35.5. The van der Waals surface area contributed by atoms with Crippen molar-refractivity contribution in [1.82, 2.24) is 19.7 Å². The summed E-state index contributed by atoms with van der Waals surface area (Å²) in [4.78, 5) is 9.48. The van der Waals surface area contributed by atoms with Crippen LogP contribution in [-0.2, 0) is 4.74 Å². The summed E-state index contributed by atoms with van der Waals surface area (Å²) >= 11 is 5.94. The van der Waals surface area contributed by atoms with Gasteiger partial charge < -0.3 is 25.0 Å². The molecule has 142 valence electrons. The summed E-state index contributed by atoms with van der Waals surface area (Å²) in [5, 5.41) is 34.0. The Labute approximate surface area is 150 Å². The van der Waals surface area contributed by atoms with Crippen LogP contribution in [0.1, 0.15) is 6.04 Å². The first-order chi connectivity index (χ1) is 12.3. The zero-order valence-corrected chi connectivity index (χ0v) is 14.1. The van der Waals surface area contributed by atoms with Crippen molar-refractivity contribution < 1.29 is 28.8 Å². The van der Waals surface area contributed by atoms with Crippen molar-refractivity contribution in [2.75, 3.05) is 31.2 Å². The minimum absolute atomic E-state index is 0.0288. The van der Waals surface area contributed by atoms with Crippen LogP contribution < -0.4 is 4.90 Å². The van der Waals surface area contributed by atoms with Gasteiger partial charge in [-0.1, -0.05) is 0 Å². The summed E-state index contributed by atoms with van der Waals surface area (Å²) < 4.78 is 33.1. The van der Waals surface area contributed by atoms with Gasteiger partial charge in [-0.05, 0) is 11.6 Å². The molecule has 2 aliphatic heterocycles. The molecule has 9 nitrogen and oxygen atoms in total. The summed E-state index contributed by atoms with van der Waals surface area (Å²) in [6, 6.07) is -0.790. The predicted molar refractivity (Wildman–Crippen MR) is 85.4 cm³/mol. The summed E-state index contributed by atoms with van der Waals surface area (Å²) in [6.45, 7) is -1.43. The molecule has 2 aromatic heterocycles. The van der Waals surface area contributed by atoms with Crippen LogP contribution in [0.4, 0.5) is 14.6 Å². The molecule has 2 aliphatic rings. The molecule has 0 amide bonds. The Bertz CT molecular complexity index is 829. The van der Waals surface area contributed by atoms with Crippen molar-refractivity contribution in [3.8, 4) is 0 Å². The number of nitrogens with zero attached hydrogens (tertiary/aromatic N) is 5. The summed E-state index contributed by atoms with van der Waals surface area (Å²) in [7, 11) is 0. The Morgan fingerprint density at radius 2 is 2.00 bits per heavy atom. The average molecular weight is 392 g/mol. The van der Waals surface area contributed by atoms with Gasteiger partial charge in [0.25, 0.3) is 5.92 Å². The van der Waals surface area contributed by atoms with E-state index in [4.69, 9.17) is 21.4 Å². The van der Waals surface area contributed by atoms with Gasteiger partial charge in [0.1, 0.15) is 30.2 Å². The molecule has 4 rings (SSSR count). The molecule has 0 radical (unpaired) electrons. The van der Waals surface area contributed by atoms with Crippen LogP contribution in [0.5, 0.6) is 0 Å². The van der Waals surface area contributed by atoms with E-state index in [1.807, 2.05) is 0 Å². The number of hydrogen-bond acceptors (Lipinski definition) is 8. The minimum atomic E-state index is -2.78. The van der Waals surface area contributed by atoms with E-state index in [1.165, 1.54) is 15.8 Å². The molecule has 0 unspecified atom stereocenters. The van der Waals surface area contributed by atoms with E-state index >= 15 is 0 Å². The molecule has 0 bridgehead atoms. The van der Waals surface area contributed by atoms with Crippen molar-refractivity contribution in [3.05, 3.63) is 11.5 Å². The molecule has 2 fully saturated rings. The topological polar surface area (TPSA) is 117 Å². The van der Waals surface area contributed by atoms with E-state index in [1.54, 1.807) is 0 Å². The lowest BCUT2D eigenvalue weighted by atomic mass is 9.98. The standard InChI is InChI=1S/C14H16ClF2N5O4/c15-13-19-11(21-4-14(16,17)5-21)6-1-18-22(12(6)20-13)7-3-26-8(2-23)10(25)9(7)24/h1,7-10,23-25H,2-5H2/t7-,8-,9+,10-/m1/s1. The largest absolute Gasteiger partial charge is 0.394 e. The molecular formula is C14H16ClF2N5O4. The zero-order valence-electron chi connectivity index (χ0n) is 13.3. The fourth-order valence-electron chi connectivity index (χ4n) is 3.27. The number of anilines is 1. The summed E-state index contributed by atoms with van der Waals surface area (Å²) in [5.41, 5.74) is 0.234. The maximum Gasteiger partial charge on any atom is 0.282 e. The third kappa shape index (κ3) is 2.79. The Hall–Kier alpha value is -1.66. The van der Waals surface area contributed by atoms with Crippen molar-refractivity contribution in [2.45, 2.75) is 30.3 Å². The van der Waals surface area contributed by atoms with Crippen LogP contribution in [0.3, 0.4) is 0 Å². The summed E-state index contributed by atoms with van der Waals surface area (Å²) in [5.74, 6) is -2.55. The number of aliphatic hydroxyl groups excluding tert-OH is 3. The van der Waals surface area contributed by atoms with E-state index in [-0.39, 0.29) is 23.4 Å². The minimum Gasteiger partial charge on any atom is -0.394 e. The Morgan fingerprint density at radius 3 is 2.65 bits per heavy atom. The van der Waals surface area contributed by atoms with Gasteiger partial charge in [-0.3, -0.25) is 0 Å². The molecule has 4 atom stereocenters. The van der Waals surface area contributed by atoms with Crippen LogP contribution in [0.25, 0.3) is 11.0 Å². The lowest BCUT2D eigenvalue weighted by molar-refractivity contribution is -0.170. The monoisotopic (exact) mass is 391 g/mol.